The summed E-state index contributed by atoms with van der Waals surface area (Å²) in [4.78, 5) is 26.0. The van der Waals surface area contributed by atoms with Gasteiger partial charge < -0.3 is 25.4 Å². The highest BCUT2D eigenvalue weighted by Crippen LogP contribution is 2.33. The highest BCUT2D eigenvalue weighted by molar-refractivity contribution is 5.85. The second kappa shape index (κ2) is 11.8. The van der Waals surface area contributed by atoms with Gasteiger partial charge in [0, 0.05) is 38.5 Å². The van der Waals surface area contributed by atoms with Crippen LogP contribution in [0.4, 0.5) is 0 Å². The van der Waals surface area contributed by atoms with E-state index in [2.05, 4.69) is 5.32 Å². The van der Waals surface area contributed by atoms with Crippen LogP contribution in [0, 0.1) is 0 Å². The third-order valence-corrected chi connectivity index (χ3v) is 4.79. The van der Waals surface area contributed by atoms with Gasteiger partial charge in [0.1, 0.15) is 0 Å². The molecule has 0 saturated carbocycles. The average molecular weight is 414 g/mol. The molecule has 0 saturated heterocycles. The first kappa shape index (κ1) is 24.0. The Balaban J connectivity index is 0.00000392. The molecule has 0 fully saturated rings. The summed E-state index contributed by atoms with van der Waals surface area (Å²) in [6.07, 6.45) is 2.97. The normalized spacial score (nSPS) is 13.8. The minimum Gasteiger partial charge on any atom is -0.493 e. The molecule has 0 radical (unpaired) electrons. The molecule has 2 rings (SSSR count). The first-order valence-electron chi connectivity index (χ1n) is 9.48. The first-order chi connectivity index (χ1) is 12.9. The maximum absolute atomic E-state index is 12.5. The maximum Gasteiger partial charge on any atom is 0.222 e. The lowest BCUT2D eigenvalue weighted by atomic mass is 9.98. The number of ether oxygens (including phenoxy) is 2. The lowest BCUT2D eigenvalue weighted by Gasteiger charge is -2.29. The Labute approximate surface area is 173 Å². The summed E-state index contributed by atoms with van der Waals surface area (Å²) < 4.78 is 10.7. The van der Waals surface area contributed by atoms with Gasteiger partial charge in [-0.2, -0.15) is 0 Å². The van der Waals surface area contributed by atoms with Crippen molar-refractivity contribution >= 4 is 24.2 Å². The van der Waals surface area contributed by atoms with Crippen LogP contribution >= 0.6 is 12.4 Å². The number of hydrogen-bond acceptors (Lipinski definition) is 5. The van der Waals surface area contributed by atoms with Crippen LogP contribution in [0.2, 0.25) is 0 Å². The van der Waals surface area contributed by atoms with E-state index in [4.69, 9.17) is 15.2 Å². The molecule has 0 aliphatic carbocycles. The Bertz CT molecular complexity index is 667. The van der Waals surface area contributed by atoms with Crippen molar-refractivity contribution in [3.05, 3.63) is 23.3 Å². The van der Waals surface area contributed by atoms with Gasteiger partial charge in [0.2, 0.25) is 11.8 Å². The molecular formula is C20H32ClN3O4. The molecule has 3 N–H and O–H groups in total. The van der Waals surface area contributed by atoms with Gasteiger partial charge in [0.05, 0.1) is 14.2 Å². The minimum absolute atomic E-state index is 0. The fraction of sp³-hybridized carbons (Fsp3) is 0.600. The Hall–Kier alpha value is -1.99. The number of benzene rings is 1. The molecule has 158 valence electrons. The number of methoxy groups -OCH3 is 2. The van der Waals surface area contributed by atoms with Gasteiger partial charge in [0.15, 0.2) is 11.5 Å². The number of nitrogens with zero attached hydrogens (tertiary/aromatic N) is 1. The van der Waals surface area contributed by atoms with Crippen LogP contribution in [-0.2, 0) is 22.6 Å². The van der Waals surface area contributed by atoms with Crippen LogP contribution in [0.5, 0.6) is 11.5 Å². The summed E-state index contributed by atoms with van der Waals surface area (Å²) >= 11 is 0. The molecular weight excluding hydrogens is 382 g/mol. The molecule has 1 aromatic rings. The van der Waals surface area contributed by atoms with Gasteiger partial charge in [-0.15, -0.1) is 12.4 Å². The van der Waals surface area contributed by atoms with Crippen LogP contribution in [0.3, 0.4) is 0 Å². The lowest BCUT2D eigenvalue weighted by molar-refractivity contribution is -0.132. The largest absolute Gasteiger partial charge is 0.493 e. The number of nitrogens with one attached hydrogen (secondary N) is 1. The Morgan fingerprint density at radius 2 is 1.82 bits per heavy atom. The Kier molecular flexibility index (Phi) is 10.1. The van der Waals surface area contributed by atoms with Crippen molar-refractivity contribution in [1.82, 2.24) is 10.2 Å². The van der Waals surface area contributed by atoms with E-state index in [-0.39, 0.29) is 30.3 Å². The van der Waals surface area contributed by atoms with E-state index in [1.165, 1.54) is 5.56 Å². The van der Waals surface area contributed by atoms with E-state index < -0.39 is 0 Å². The number of hydrogen-bond donors (Lipinski definition) is 2. The third kappa shape index (κ3) is 6.87. The topological polar surface area (TPSA) is 93.9 Å². The second-order valence-electron chi connectivity index (χ2n) is 7.01. The number of amides is 2. The van der Waals surface area contributed by atoms with Crippen molar-refractivity contribution in [2.24, 2.45) is 5.73 Å². The average Bonchev–Trinajstić information content (AvgIpc) is 2.67. The van der Waals surface area contributed by atoms with E-state index in [0.717, 1.165) is 17.7 Å². The zero-order chi connectivity index (χ0) is 19.8. The summed E-state index contributed by atoms with van der Waals surface area (Å²) in [6.45, 7) is 3.67. The van der Waals surface area contributed by atoms with Crippen LogP contribution in [0.1, 0.15) is 43.7 Å². The predicted octanol–water partition coefficient (Wildman–Crippen LogP) is 2.03. The number of rotatable bonds is 9. The molecule has 28 heavy (non-hydrogen) atoms. The molecule has 1 atom stereocenters. The van der Waals surface area contributed by atoms with Crippen molar-refractivity contribution in [2.45, 2.75) is 51.6 Å². The lowest BCUT2D eigenvalue weighted by Crippen LogP contribution is -2.36. The van der Waals surface area contributed by atoms with Crippen LogP contribution in [0.25, 0.3) is 0 Å². The summed E-state index contributed by atoms with van der Waals surface area (Å²) in [7, 11) is 3.23. The van der Waals surface area contributed by atoms with E-state index in [1.807, 2.05) is 24.0 Å². The smallest absolute Gasteiger partial charge is 0.222 e. The molecule has 2 amide bonds. The number of carbonyl (C=O) groups is 2. The Morgan fingerprint density at radius 3 is 2.43 bits per heavy atom. The monoisotopic (exact) mass is 413 g/mol. The van der Waals surface area contributed by atoms with E-state index >= 15 is 0 Å². The predicted molar refractivity (Wildman–Crippen MR) is 111 cm³/mol. The van der Waals surface area contributed by atoms with Gasteiger partial charge >= 0.3 is 0 Å². The van der Waals surface area contributed by atoms with Gasteiger partial charge in [-0.05, 0) is 49.4 Å². The molecule has 7 nitrogen and oxygen atoms in total. The molecule has 8 heteroatoms. The fourth-order valence-electron chi connectivity index (χ4n) is 3.17. The van der Waals surface area contributed by atoms with Crippen LogP contribution in [-0.4, -0.2) is 50.1 Å². The summed E-state index contributed by atoms with van der Waals surface area (Å²) in [5, 5.41) is 2.84. The van der Waals surface area contributed by atoms with E-state index in [0.29, 0.717) is 51.1 Å². The number of carbonyl (C=O) groups excluding carboxylic acids is 2. The number of halogens is 1. The molecule has 1 aliphatic heterocycles. The quantitative estimate of drug-likeness (QED) is 0.604. The maximum atomic E-state index is 12.5. The van der Waals surface area contributed by atoms with Crippen molar-refractivity contribution in [3.8, 4) is 11.5 Å². The first-order valence-corrected chi connectivity index (χ1v) is 9.48. The van der Waals surface area contributed by atoms with Crippen molar-refractivity contribution in [1.29, 1.82) is 0 Å². The molecule has 1 unspecified atom stereocenters. The zero-order valence-corrected chi connectivity index (χ0v) is 17.8. The zero-order valence-electron chi connectivity index (χ0n) is 17.0. The van der Waals surface area contributed by atoms with Crippen molar-refractivity contribution in [3.63, 3.8) is 0 Å². The number of fused-ring (bicyclic) bond motifs is 1. The van der Waals surface area contributed by atoms with Crippen LogP contribution < -0.4 is 20.5 Å². The Morgan fingerprint density at radius 1 is 1.18 bits per heavy atom. The number of nitrogens with two attached hydrogens (primary N) is 1. The van der Waals surface area contributed by atoms with E-state index in [1.54, 1.807) is 14.2 Å². The molecule has 1 aliphatic rings. The highest BCUT2D eigenvalue weighted by atomic mass is 35.5. The van der Waals surface area contributed by atoms with Gasteiger partial charge in [0.25, 0.3) is 0 Å². The molecule has 0 bridgehead atoms. The second-order valence-corrected chi connectivity index (χ2v) is 7.01. The highest BCUT2D eigenvalue weighted by Gasteiger charge is 2.22. The SMILES string of the molecule is COc1cc2c(cc1OC)CN(C(=O)CCCNC(=O)CCC(C)N)CC2.Cl. The molecule has 1 heterocycles. The van der Waals surface area contributed by atoms with Gasteiger partial charge in [-0.25, -0.2) is 0 Å². The van der Waals surface area contributed by atoms with Crippen molar-refractivity contribution in [2.75, 3.05) is 27.3 Å². The van der Waals surface area contributed by atoms with Crippen molar-refractivity contribution < 1.29 is 19.1 Å². The molecule has 0 aromatic heterocycles. The summed E-state index contributed by atoms with van der Waals surface area (Å²) in [5.41, 5.74) is 7.93. The molecule has 1 aromatic carbocycles. The van der Waals surface area contributed by atoms with Crippen LogP contribution in [0.15, 0.2) is 12.1 Å². The minimum atomic E-state index is -0.00677. The third-order valence-electron chi connectivity index (χ3n) is 4.79. The van der Waals surface area contributed by atoms with Gasteiger partial charge in [-0.3, -0.25) is 9.59 Å². The summed E-state index contributed by atoms with van der Waals surface area (Å²) in [5.74, 6) is 1.50. The standard InChI is InChI=1S/C20H31N3O4.ClH/c1-14(21)6-7-19(24)22-9-4-5-20(25)23-10-8-15-11-17(26-2)18(27-3)12-16(15)13-23;/h11-12,14H,4-10,13,21H2,1-3H3,(H,22,24);1H. The molecule has 0 spiro atoms. The van der Waals surface area contributed by atoms with E-state index in [9.17, 15) is 9.59 Å². The summed E-state index contributed by atoms with van der Waals surface area (Å²) in [6, 6.07) is 3.97. The fourth-order valence-corrected chi connectivity index (χ4v) is 3.17. The van der Waals surface area contributed by atoms with Gasteiger partial charge in [-0.1, -0.05) is 0 Å².